The Balaban J connectivity index is 1.96. The second-order valence-electron chi connectivity index (χ2n) is 3.01. The van der Waals surface area contributed by atoms with Gasteiger partial charge in [0.15, 0.2) is 0 Å². The fraction of sp³-hybridized carbons (Fsp3) is 0.300. The molecule has 0 fully saturated rings. The first-order valence-corrected chi connectivity index (χ1v) is 5.88. The van der Waals surface area contributed by atoms with Gasteiger partial charge in [-0.25, -0.2) is 15.0 Å². The van der Waals surface area contributed by atoms with Gasteiger partial charge < -0.3 is 10.1 Å². The Morgan fingerprint density at radius 1 is 1.38 bits per heavy atom. The van der Waals surface area contributed by atoms with Gasteiger partial charge in [0.05, 0.1) is 24.4 Å². The van der Waals surface area contributed by atoms with Crippen molar-refractivity contribution in [3.05, 3.63) is 29.0 Å². The van der Waals surface area contributed by atoms with Gasteiger partial charge in [-0.15, -0.1) is 11.3 Å². The molecule has 0 unspecified atom stereocenters. The molecule has 0 bridgehead atoms. The minimum atomic E-state index is 0.582. The molecule has 0 atom stereocenters. The number of hydrogen-bond acceptors (Lipinski definition) is 6. The van der Waals surface area contributed by atoms with E-state index in [1.807, 2.05) is 17.8 Å². The minimum Gasteiger partial charge on any atom is -0.478 e. The number of nitrogens with zero attached hydrogens (tertiary/aromatic N) is 3. The molecule has 1 N–H and O–H groups in total. The van der Waals surface area contributed by atoms with Crippen LogP contribution in [0, 0.1) is 0 Å². The van der Waals surface area contributed by atoms with Crippen LogP contribution >= 0.6 is 11.3 Å². The van der Waals surface area contributed by atoms with Gasteiger partial charge in [0, 0.05) is 11.4 Å². The summed E-state index contributed by atoms with van der Waals surface area (Å²) in [5.41, 5.74) is 2.81. The van der Waals surface area contributed by atoms with E-state index in [-0.39, 0.29) is 0 Å². The number of hydrogen-bond donors (Lipinski definition) is 1. The topological polar surface area (TPSA) is 59.9 Å². The van der Waals surface area contributed by atoms with Crippen molar-refractivity contribution < 1.29 is 4.74 Å². The summed E-state index contributed by atoms with van der Waals surface area (Å²) in [7, 11) is 0. The molecule has 16 heavy (non-hydrogen) atoms. The highest BCUT2D eigenvalue weighted by molar-refractivity contribution is 7.07. The Morgan fingerprint density at radius 2 is 2.31 bits per heavy atom. The van der Waals surface area contributed by atoms with E-state index < -0.39 is 0 Å². The van der Waals surface area contributed by atoms with Crippen molar-refractivity contribution in [3.63, 3.8) is 0 Å². The summed E-state index contributed by atoms with van der Waals surface area (Å²) in [6, 6.07) is 1.77. The number of aromatic nitrogens is 3. The van der Waals surface area contributed by atoms with Crippen LogP contribution in [0.2, 0.25) is 0 Å². The molecule has 0 aliphatic carbocycles. The average molecular weight is 236 g/mol. The van der Waals surface area contributed by atoms with Crippen LogP contribution in [0.15, 0.2) is 23.3 Å². The van der Waals surface area contributed by atoms with Gasteiger partial charge in [0.2, 0.25) is 5.88 Å². The molecule has 2 aromatic rings. The van der Waals surface area contributed by atoms with Gasteiger partial charge in [0.25, 0.3) is 0 Å². The monoisotopic (exact) mass is 236 g/mol. The Kier molecular flexibility index (Phi) is 3.66. The van der Waals surface area contributed by atoms with E-state index in [4.69, 9.17) is 4.74 Å². The number of nitrogens with one attached hydrogen (secondary N) is 1. The zero-order chi connectivity index (χ0) is 11.2. The molecule has 2 aromatic heterocycles. The van der Waals surface area contributed by atoms with Gasteiger partial charge in [-0.3, -0.25) is 0 Å². The van der Waals surface area contributed by atoms with Crippen LogP contribution in [-0.2, 0) is 6.54 Å². The molecule has 5 nitrogen and oxygen atoms in total. The van der Waals surface area contributed by atoms with Crippen molar-refractivity contribution in [2.24, 2.45) is 0 Å². The fourth-order valence-corrected chi connectivity index (χ4v) is 1.73. The third-order valence-electron chi connectivity index (χ3n) is 1.87. The van der Waals surface area contributed by atoms with E-state index in [1.165, 1.54) is 6.33 Å². The van der Waals surface area contributed by atoms with Crippen molar-refractivity contribution in [1.29, 1.82) is 0 Å². The second-order valence-corrected chi connectivity index (χ2v) is 3.73. The Labute approximate surface area is 97.5 Å². The molecule has 0 radical (unpaired) electrons. The molecular weight excluding hydrogens is 224 g/mol. The smallest absolute Gasteiger partial charge is 0.218 e. The Morgan fingerprint density at radius 3 is 3.06 bits per heavy atom. The molecule has 0 spiro atoms. The normalized spacial score (nSPS) is 10.1. The fourth-order valence-electron chi connectivity index (χ4n) is 1.17. The van der Waals surface area contributed by atoms with Crippen LogP contribution in [0.5, 0.6) is 5.88 Å². The molecule has 6 heteroatoms. The van der Waals surface area contributed by atoms with Crippen molar-refractivity contribution in [3.8, 4) is 5.88 Å². The standard InChI is InChI=1S/C10H12N4OS/c1-2-15-10-3-9(12-6-13-10)11-4-8-5-16-7-14-8/h3,5-7H,2,4H2,1H3,(H,11,12,13). The molecular formula is C10H12N4OS. The molecule has 0 aromatic carbocycles. The van der Waals surface area contributed by atoms with Crippen molar-refractivity contribution in [2.45, 2.75) is 13.5 Å². The highest BCUT2D eigenvalue weighted by Gasteiger charge is 1.99. The van der Waals surface area contributed by atoms with Gasteiger partial charge >= 0.3 is 0 Å². The number of rotatable bonds is 5. The molecule has 0 saturated heterocycles. The number of ether oxygens (including phenoxy) is 1. The van der Waals surface area contributed by atoms with Crippen LogP contribution in [-0.4, -0.2) is 21.6 Å². The largest absolute Gasteiger partial charge is 0.478 e. The van der Waals surface area contributed by atoms with E-state index in [9.17, 15) is 0 Å². The molecule has 0 amide bonds. The maximum atomic E-state index is 5.28. The van der Waals surface area contributed by atoms with Gasteiger partial charge in [-0.05, 0) is 6.92 Å². The quantitative estimate of drug-likeness (QED) is 0.859. The third kappa shape index (κ3) is 2.90. The first kappa shape index (κ1) is 10.8. The zero-order valence-corrected chi connectivity index (χ0v) is 9.70. The minimum absolute atomic E-state index is 0.582. The lowest BCUT2D eigenvalue weighted by Gasteiger charge is -2.05. The number of anilines is 1. The first-order valence-electron chi connectivity index (χ1n) is 4.94. The summed E-state index contributed by atoms with van der Waals surface area (Å²) >= 11 is 1.58. The van der Waals surface area contributed by atoms with Crippen molar-refractivity contribution >= 4 is 17.2 Å². The van der Waals surface area contributed by atoms with Gasteiger partial charge in [-0.1, -0.05) is 0 Å². The molecule has 0 saturated carbocycles. The summed E-state index contributed by atoms with van der Waals surface area (Å²) in [6.07, 6.45) is 1.48. The molecule has 2 rings (SSSR count). The summed E-state index contributed by atoms with van der Waals surface area (Å²) in [6.45, 7) is 3.18. The molecule has 84 valence electrons. The molecule has 2 heterocycles. The third-order valence-corrected chi connectivity index (χ3v) is 2.50. The zero-order valence-electron chi connectivity index (χ0n) is 8.88. The maximum Gasteiger partial charge on any atom is 0.218 e. The van der Waals surface area contributed by atoms with Crippen LogP contribution in [0.4, 0.5) is 5.82 Å². The SMILES string of the molecule is CCOc1cc(NCc2cscn2)ncn1. The van der Waals surface area contributed by atoms with Gasteiger partial charge in [-0.2, -0.15) is 0 Å². The van der Waals surface area contributed by atoms with Crippen molar-refractivity contribution in [2.75, 3.05) is 11.9 Å². The highest BCUT2D eigenvalue weighted by atomic mass is 32.1. The van der Waals surface area contributed by atoms with E-state index >= 15 is 0 Å². The van der Waals surface area contributed by atoms with E-state index in [1.54, 1.807) is 17.4 Å². The lowest BCUT2D eigenvalue weighted by Crippen LogP contribution is -2.03. The van der Waals surface area contributed by atoms with Crippen molar-refractivity contribution in [1.82, 2.24) is 15.0 Å². The van der Waals surface area contributed by atoms with Gasteiger partial charge in [0.1, 0.15) is 12.1 Å². The average Bonchev–Trinajstić information content (AvgIpc) is 2.80. The Hall–Kier alpha value is -1.69. The van der Waals surface area contributed by atoms with Crippen LogP contribution in [0.25, 0.3) is 0 Å². The highest BCUT2D eigenvalue weighted by Crippen LogP contribution is 2.12. The Bertz CT molecular complexity index is 432. The summed E-state index contributed by atoms with van der Waals surface area (Å²) in [5.74, 6) is 1.32. The predicted molar refractivity (Wildman–Crippen MR) is 62.6 cm³/mol. The van der Waals surface area contributed by atoms with E-state index in [2.05, 4.69) is 20.3 Å². The molecule has 0 aliphatic rings. The lowest BCUT2D eigenvalue weighted by molar-refractivity contribution is 0.326. The van der Waals surface area contributed by atoms with Crippen LogP contribution in [0.3, 0.4) is 0 Å². The second kappa shape index (κ2) is 5.41. The lowest BCUT2D eigenvalue weighted by atomic mass is 10.4. The summed E-state index contributed by atoms with van der Waals surface area (Å²) in [5, 5.41) is 5.16. The molecule has 0 aliphatic heterocycles. The summed E-state index contributed by atoms with van der Waals surface area (Å²) in [4.78, 5) is 12.3. The van der Waals surface area contributed by atoms with Crippen LogP contribution in [0.1, 0.15) is 12.6 Å². The van der Waals surface area contributed by atoms with Crippen LogP contribution < -0.4 is 10.1 Å². The van der Waals surface area contributed by atoms with E-state index in [0.29, 0.717) is 19.0 Å². The van der Waals surface area contributed by atoms with E-state index in [0.717, 1.165) is 11.5 Å². The first-order chi connectivity index (χ1) is 7.88. The predicted octanol–water partition coefficient (Wildman–Crippen LogP) is 1.94. The maximum absolute atomic E-state index is 5.28. The summed E-state index contributed by atoms with van der Waals surface area (Å²) < 4.78 is 5.28. The number of thiazole rings is 1.